The van der Waals surface area contributed by atoms with E-state index in [0.717, 1.165) is 11.3 Å². The third-order valence-electron chi connectivity index (χ3n) is 4.15. The van der Waals surface area contributed by atoms with Gasteiger partial charge in [0.05, 0.1) is 26.4 Å². The minimum Gasteiger partial charge on any atom is -0.595 e. The van der Waals surface area contributed by atoms with E-state index in [0.29, 0.717) is 0 Å². The molecular weight excluding hydrogens is 461 g/mol. The van der Waals surface area contributed by atoms with Crippen molar-refractivity contribution in [2.75, 3.05) is 40.4 Å². The summed E-state index contributed by atoms with van der Waals surface area (Å²) in [6, 6.07) is 11.6. The van der Waals surface area contributed by atoms with E-state index in [2.05, 4.69) is 20.1 Å². The fraction of sp³-hybridized carbons (Fsp3) is 0.278. The molecule has 0 fully saturated rings. The van der Waals surface area contributed by atoms with Crippen molar-refractivity contribution < 1.29 is 34.3 Å². The Kier molecular flexibility index (Phi) is 9.65. The molecule has 3 N–H and O–H groups in total. The van der Waals surface area contributed by atoms with Crippen molar-refractivity contribution in [1.82, 2.24) is 4.78 Å². The van der Waals surface area contributed by atoms with Gasteiger partial charge in [-0.2, -0.15) is 14.9 Å². The van der Waals surface area contributed by atoms with Crippen LogP contribution < -0.4 is 19.8 Å². The summed E-state index contributed by atoms with van der Waals surface area (Å²) >= 11 is 5.37. The van der Waals surface area contributed by atoms with E-state index in [1.54, 1.807) is 20.4 Å². The van der Waals surface area contributed by atoms with Crippen LogP contribution >= 0.6 is 7.07 Å². The number of anilines is 1. The zero-order valence-corrected chi connectivity index (χ0v) is 19.6. The molecule has 0 saturated carbocycles. The summed E-state index contributed by atoms with van der Waals surface area (Å²) in [6.45, 7) is -0.371. The molecule has 0 spiro atoms. The normalized spacial score (nSPS) is 13.0. The van der Waals surface area contributed by atoms with Crippen LogP contribution in [0.3, 0.4) is 0 Å². The number of quaternary nitrogens is 2. The van der Waals surface area contributed by atoms with Crippen LogP contribution in [-0.4, -0.2) is 56.2 Å². The molecule has 2 rings (SSSR count). The van der Waals surface area contributed by atoms with E-state index in [9.17, 15) is 15.6 Å². The molecular formula is C18H25N5O7PS+. The summed E-state index contributed by atoms with van der Waals surface area (Å²) < 4.78 is 12.3. The summed E-state index contributed by atoms with van der Waals surface area (Å²) in [6.07, 6.45) is 1.62. The number of nitrogens with one attached hydrogen (secondary N) is 2. The number of hydrogen-bond donors (Lipinski definition) is 3. The predicted molar refractivity (Wildman–Crippen MR) is 122 cm³/mol. The molecule has 12 nitrogen and oxygen atoms in total. The molecule has 2 aromatic rings. The summed E-state index contributed by atoms with van der Waals surface area (Å²) in [7, 11) is 3.99. The first kappa shape index (κ1) is 25.8. The average molecular weight is 486 g/mol. The highest BCUT2D eigenvalue weighted by atomic mass is 32.4. The van der Waals surface area contributed by atoms with Crippen LogP contribution in [0.4, 0.5) is 11.4 Å². The Balaban J connectivity index is 2.06. The van der Waals surface area contributed by atoms with Crippen molar-refractivity contribution in [3.05, 3.63) is 58.4 Å². The molecule has 0 aliphatic carbocycles. The van der Waals surface area contributed by atoms with Gasteiger partial charge in [0.15, 0.2) is 11.4 Å². The fourth-order valence-electron chi connectivity index (χ4n) is 2.33. The summed E-state index contributed by atoms with van der Waals surface area (Å²) in [5, 5.41) is 38.9. The van der Waals surface area contributed by atoms with Gasteiger partial charge in [0.25, 0.3) is 0 Å². The van der Waals surface area contributed by atoms with Crippen LogP contribution in [-0.2, 0) is 21.5 Å². The van der Waals surface area contributed by atoms with Crippen LogP contribution in [0, 0.1) is 10.4 Å². The second kappa shape index (κ2) is 12.0. The van der Waals surface area contributed by atoms with Gasteiger partial charge < -0.3 is 20.5 Å². The molecule has 14 heteroatoms. The Morgan fingerprint density at radius 3 is 2.38 bits per heavy atom. The van der Waals surface area contributed by atoms with E-state index in [1.165, 1.54) is 37.2 Å². The lowest BCUT2D eigenvalue weighted by molar-refractivity contribution is -1.21. The Bertz CT molecular complexity index is 928. The Labute approximate surface area is 191 Å². The SMILES string of the molecule is COc1ccc(/C=N/N(C)[P+](=S)Oc2ccc(NC[N+]([O-])(OC)OC)c([NH+]([O-])O)c2)cc1. The largest absolute Gasteiger partial charge is 0.595 e. The Hall–Kier alpha value is -2.45. The van der Waals surface area contributed by atoms with Crippen LogP contribution in [0.2, 0.25) is 0 Å². The topological polar surface area (TPSA) is 135 Å². The van der Waals surface area contributed by atoms with E-state index in [1.807, 2.05) is 24.3 Å². The van der Waals surface area contributed by atoms with Gasteiger partial charge in [-0.1, -0.05) is 9.75 Å². The molecule has 32 heavy (non-hydrogen) atoms. The van der Waals surface area contributed by atoms with Gasteiger partial charge >= 0.3 is 7.07 Å². The van der Waals surface area contributed by atoms with Crippen molar-refractivity contribution in [1.29, 1.82) is 0 Å². The van der Waals surface area contributed by atoms with Gasteiger partial charge in [-0.25, -0.2) is 5.21 Å². The predicted octanol–water partition coefficient (Wildman–Crippen LogP) is 2.02. The number of benzene rings is 2. The maximum atomic E-state index is 12.0. The van der Waals surface area contributed by atoms with Gasteiger partial charge in [-0.3, -0.25) is 4.52 Å². The highest BCUT2D eigenvalue weighted by molar-refractivity contribution is 8.02. The highest BCUT2D eigenvalue weighted by Gasteiger charge is 2.24. The number of hydrogen-bond acceptors (Lipinski definition) is 10. The van der Waals surface area contributed by atoms with Crippen molar-refractivity contribution in [2.24, 2.45) is 5.10 Å². The van der Waals surface area contributed by atoms with Crippen LogP contribution in [0.25, 0.3) is 0 Å². The van der Waals surface area contributed by atoms with Crippen molar-refractivity contribution >= 4 is 36.5 Å². The summed E-state index contributed by atoms with van der Waals surface area (Å²) in [5.74, 6) is 0.989. The van der Waals surface area contributed by atoms with Gasteiger partial charge in [0.1, 0.15) is 25.7 Å². The van der Waals surface area contributed by atoms with E-state index < -0.39 is 17.3 Å². The third kappa shape index (κ3) is 7.31. The van der Waals surface area contributed by atoms with Gasteiger partial charge in [-0.05, 0) is 42.0 Å². The fourth-order valence-corrected chi connectivity index (χ4v) is 3.26. The van der Waals surface area contributed by atoms with Crippen molar-refractivity contribution in [3.63, 3.8) is 0 Å². The summed E-state index contributed by atoms with van der Waals surface area (Å²) in [4.78, 5) is 7.87. The van der Waals surface area contributed by atoms with Crippen molar-refractivity contribution in [2.45, 2.75) is 0 Å². The molecule has 0 aliphatic rings. The molecule has 0 aliphatic heterocycles. The standard InChI is InChI=1S/C18H25N5O7PS/c1-21(20-12-14-5-7-15(27-2)8-6-14)31(32)30-16-9-10-17(18(11-16)22(24)25)19-13-23(26,28-3)29-4/h5-12,19,22,24H,13H2,1-4H3/q+1/b20-12+. The Morgan fingerprint density at radius 1 is 1.19 bits per heavy atom. The zero-order valence-electron chi connectivity index (χ0n) is 17.9. The molecule has 2 unspecified atom stereocenters. The lowest BCUT2D eigenvalue weighted by atomic mass is 10.2. The second-order valence-electron chi connectivity index (χ2n) is 6.16. The second-order valence-corrected chi connectivity index (χ2v) is 8.33. The number of nitrogens with zero attached hydrogens (tertiary/aromatic N) is 3. The minimum atomic E-state index is -1.61. The lowest BCUT2D eigenvalue weighted by Gasteiger charge is -2.32. The molecule has 0 bridgehead atoms. The maximum absolute atomic E-state index is 12.0. The first-order chi connectivity index (χ1) is 15.2. The highest BCUT2D eigenvalue weighted by Crippen LogP contribution is 2.33. The number of hydroxylamine groups is 3. The Morgan fingerprint density at radius 2 is 1.81 bits per heavy atom. The minimum absolute atomic E-state index is 0.107. The van der Waals surface area contributed by atoms with Gasteiger partial charge in [0, 0.05) is 0 Å². The smallest absolute Gasteiger partial charge is 0.540 e. The molecule has 0 saturated heterocycles. The number of rotatable bonds is 12. The molecule has 0 radical (unpaired) electrons. The molecule has 0 amide bonds. The van der Waals surface area contributed by atoms with Gasteiger partial charge in [-0.15, -0.1) is 5.10 Å². The number of ether oxygens (including phenoxy) is 1. The van der Waals surface area contributed by atoms with Crippen LogP contribution in [0.5, 0.6) is 11.5 Å². The van der Waals surface area contributed by atoms with Crippen LogP contribution in [0.1, 0.15) is 5.56 Å². The van der Waals surface area contributed by atoms with Gasteiger partial charge in [0.2, 0.25) is 18.5 Å². The average Bonchev–Trinajstić information content (AvgIpc) is 2.81. The third-order valence-corrected chi connectivity index (χ3v) is 6.03. The quantitative estimate of drug-likeness (QED) is 0.134. The molecule has 2 aromatic carbocycles. The van der Waals surface area contributed by atoms with Crippen LogP contribution in [0.15, 0.2) is 47.6 Å². The lowest BCUT2D eigenvalue weighted by Crippen LogP contribution is -2.99. The first-order valence-electron chi connectivity index (χ1n) is 9.10. The molecule has 174 valence electrons. The molecule has 0 aromatic heterocycles. The van der Waals surface area contributed by atoms with E-state index in [4.69, 9.17) is 21.1 Å². The maximum Gasteiger partial charge on any atom is 0.540 e. The zero-order chi connectivity index (χ0) is 23.7. The van der Waals surface area contributed by atoms with E-state index >= 15 is 0 Å². The summed E-state index contributed by atoms with van der Waals surface area (Å²) in [5.41, 5.74) is 0.931. The monoisotopic (exact) mass is 486 g/mol. The number of methoxy groups -OCH3 is 1. The number of hydrazone groups is 1. The molecule has 0 heterocycles. The van der Waals surface area contributed by atoms with Crippen molar-refractivity contribution in [3.8, 4) is 11.5 Å². The molecule has 2 atom stereocenters. The first-order valence-corrected chi connectivity index (χ1v) is 11.3. The van der Waals surface area contributed by atoms with E-state index in [-0.39, 0.29) is 23.8 Å².